The van der Waals surface area contributed by atoms with Gasteiger partial charge in [0.25, 0.3) is 5.91 Å². The van der Waals surface area contributed by atoms with Gasteiger partial charge in [0, 0.05) is 30.4 Å². The van der Waals surface area contributed by atoms with Gasteiger partial charge in [-0.3, -0.25) is 9.59 Å². The molecule has 0 aliphatic carbocycles. The number of para-hydroxylation sites is 1. The molecule has 0 spiro atoms. The van der Waals surface area contributed by atoms with Gasteiger partial charge in [0.05, 0.1) is 0 Å². The molecule has 23 heavy (non-hydrogen) atoms. The third-order valence-electron chi connectivity index (χ3n) is 4.22. The lowest BCUT2D eigenvalue weighted by atomic mass is 9.91. The fourth-order valence-electron chi connectivity index (χ4n) is 3.05. The molecule has 3 rings (SSSR count). The van der Waals surface area contributed by atoms with Gasteiger partial charge in [-0.2, -0.15) is 0 Å². The highest BCUT2D eigenvalue weighted by atomic mass is 16.2. The van der Waals surface area contributed by atoms with E-state index in [1.165, 1.54) is 12.5 Å². The van der Waals surface area contributed by atoms with Crippen molar-refractivity contribution in [1.29, 1.82) is 0 Å². The van der Waals surface area contributed by atoms with Gasteiger partial charge in [-0.25, -0.2) is 0 Å². The van der Waals surface area contributed by atoms with Crippen LogP contribution in [0.3, 0.4) is 0 Å². The fraction of sp³-hybridized carbons (Fsp3) is 0.263. The molecule has 2 aromatic rings. The maximum atomic E-state index is 12.9. The first-order chi connectivity index (χ1) is 11.1. The minimum absolute atomic E-state index is 0.0310. The number of amides is 2. The second kappa shape index (κ2) is 6.24. The Hall–Kier alpha value is -2.62. The van der Waals surface area contributed by atoms with Gasteiger partial charge in [-0.1, -0.05) is 31.2 Å². The largest absolute Gasteiger partial charge is 0.326 e. The molecule has 0 saturated heterocycles. The Morgan fingerprint density at radius 2 is 1.91 bits per heavy atom. The third kappa shape index (κ3) is 3.11. The van der Waals surface area contributed by atoms with E-state index in [2.05, 4.69) is 18.3 Å². The molecular weight excluding hydrogens is 288 g/mol. The number of benzene rings is 2. The smallest absolute Gasteiger partial charge is 0.258 e. The first-order valence-corrected chi connectivity index (χ1v) is 7.84. The zero-order valence-electron chi connectivity index (χ0n) is 13.4. The Labute approximate surface area is 136 Å². The maximum absolute atomic E-state index is 12.9. The predicted octanol–water partition coefficient (Wildman–Crippen LogP) is 3.80. The number of anilines is 2. The molecule has 1 aliphatic rings. The molecule has 1 atom stereocenters. The van der Waals surface area contributed by atoms with E-state index in [0.29, 0.717) is 23.7 Å². The van der Waals surface area contributed by atoms with E-state index in [1.807, 2.05) is 23.1 Å². The summed E-state index contributed by atoms with van der Waals surface area (Å²) in [6.07, 6.45) is 0.953. The first-order valence-electron chi connectivity index (χ1n) is 7.84. The normalized spacial score (nSPS) is 16.6. The summed E-state index contributed by atoms with van der Waals surface area (Å²) in [5.74, 6) is 0.282. The second-order valence-electron chi connectivity index (χ2n) is 5.97. The number of carbonyl (C=O) groups is 2. The van der Waals surface area contributed by atoms with Crippen molar-refractivity contribution in [3.8, 4) is 0 Å². The Kier molecular flexibility index (Phi) is 4.15. The van der Waals surface area contributed by atoms with Crippen molar-refractivity contribution in [1.82, 2.24) is 0 Å². The summed E-state index contributed by atoms with van der Waals surface area (Å²) >= 11 is 0. The predicted molar refractivity (Wildman–Crippen MR) is 91.9 cm³/mol. The lowest BCUT2D eigenvalue weighted by molar-refractivity contribution is -0.114. The first kappa shape index (κ1) is 15.3. The monoisotopic (exact) mass is 308 g/mol. The molecule has 1 N–H and O–H groups in total. The summed E-state index contributed by atoms with van der Waals surface area (Å²) in [5.41, 5.74) is 3.42. The Morgan fingerprint density at radius 3 is 2.70 bits per heavy atom. The molecule has 4 heteroatoms. The number of hydrogen-bond acceptors (Lipinski definition) is 2. The van der Waals surface area contributed by atoms with Crippen molar-refractivity contribution < 1.29 is 9.59 Å². The summed E-state index contributed by atoms with van der Waals surface area (Å²) in [6, 6.07) is 15.2. The van der Waals surface area contributed by atoms with Crippen molar-refractivity contribution in [2.24, 2.45) is 0 Å². The van der Waals surface area contributed by atoms with E-state index in [4.69, 9.17) is 0 Å². The van der Waals surface area contributed by atoms with Crippen LogP contribution in [0.2, 0.25) is 0 Å². The van der Waals surface area contributed by atoms with Gasteiger partial charge < -0.3 is 10.2 Å². The van der Waals surface area contributed by atoms with Crippen molar-refractivity contribution in [3.05, 3.63) is 59.7 Å². The highest BCUT2D eigenvalue weighted by molar-refractivity contribution is 6.07. The van der Waals surface area contributed by atoms with E-state index in [9.17, 15) is 9.59 Å². The lowest BCUT2D eigenvalue weighted by Crippen LogP contribution is -2.36. The van der Waals surface area contributed by atoms with Crippen molar-refractivity contribution in [3.63, 3.8) is 0 Å². The van der Waals surface area contributed by atoms with Crippen molar-refractivity contribution in [2.75, 3.05) is 16.8 Å². The van der Waals surface area contributed by atoms with Crippen LogP contribution in [0, 0.1) is 0 Å². The second-order valence-corrected chi connectivity index (χ2v) is 5.97. The molecule has 1 unspecified atom stereocenters. The van der Waals surface area contributed by atoms with Crippen LogP contribution in [-0.4, -0.2) is 18.4 Å². The van der Waals surface area contributed by atoms with Gasteiger partial charge in [0.2, 0.25) is 5.91 Å². The minimum Gasteiger partial charge on any atom is -0.326 e. The SMILES string of the molecule is CC(=O)Nc1cccc(C(=O)N2CCC(C)c3ccccc32)c1. The van der Waals surface area contributed by atoms with E-state index in [0.717, 1.165) is 12.1 Å². The molecule has 0 aromatic heterocycles. The lowest BCUT2D eigenvalue weighted by Gasteiger charge is -2.33. The molecule has 0 saturated carbocycles. The molecule has 0 bridgehead atoms. The van der Waals surface area contributed by atoms with Gasteiger partial charge >= 0.3 is 0 Å². The van der Waals surface area contributed by atoms with Crippen LogP contribution in [0.1, 0.15) is 42.1 Å². The average Bonchev–Trinajstić information content (AvgIpc) is 2.54. The topological polar surface area (TPSA) is 49.4 Å². The third-order valence-corrected chi connectivity index (χ3v) is 4.22. The number of hydrogen-bond donors (Lipinski definition) is 1. The number of nitrogens with zero attached hydrogens (tertiary/aromatic N) is 1. The highest BCUT2D eigenvalue weighted by Gasteiger charge is 2.26. The van der Waals surface area contributed by atoms with Crippen LogP contribution in [0.4, 0.5) is 11.4 Å². The average molecular weight is 308 g/mol. The molecule has 1 aliphatic heterocycles. The van der Waals surface area contributed by atoms with Crippen molar-refractivity contribution in [2.45, 2.75) is 26.2 Å². The van der Waals surface area contributed by atoms with Crippen molar-refractivity contribution >= 4 is 23.2 Å². The van der Waals surface area contributed by atoms with E-state index >= 15 is 0 Å². The number of fused-ring (bicyclic) bond motifs is 1. The van der Waals surface area contributed by atoms with Gasteiger partial charge in [-0.05, 0) is 42.2 Å². The number of carbonyl (C=O) groups excluding carboxylic acids is 2. The van der Waals surface area contributed by atoms with Crippen LogP contribution < -0.4 is 10.2 Å². The molecule has 2 amide bonds. The van der Waals surface area contributed by atoms with Crippen LogP contribution in [0.25, 0.3) is 0 Å². The standard InChI is InChI=1S/C19H20N2O2/c1-13-10-11-21(18-9-4-3-8-17(13)18)19(23)15-6-5-7-16(12-15)20-14(2)22/h3-9,12-13H,10-11H2,1-2H3,(H,20,22). The molecule has 118 valence electrons. The number of rotatable bonds is 2. The maximum Gasteiger partial charge on any atom is 0.258 e. The summed E-state index contributed by atoms with van der Waals surface area (Å²) in [5, 5.41) is 2.72. The molecule has 4 nitrogen and oxygen atoms in total. The van der Waals surface area contributed by atoms with E-state index in [-0.39, 0.29) is 11.8 Å². The zero-order chi connectivity index (χ0) is 16.4. The summed E-state index contributed by atoms with van der Waals surface area (Å²) < 4.78 is 0. The number of nitrogens with one attached hydrogen (secondary N) is 1. The van der Waals surface area contributed by atoms with Crippen LogP contribution in [0.5, 0.6) is 0 Å². The van der Waals surface area contributed by atoms with Gasteiger partial charge in [-0.15, -0.1) is 0 Å². The van der Waals surface area contributed by atoms with E-state index in [1.54, 1.807) is 24.3 Å². The van der Waals surface area contributed by atoms with Crippen LogP contribution in [0.15, 0.2) is 48.5 Å². The highest BCUT2D eigenvalue weighted by Crippen LogP contribution is 2.35. The zero-order valence-corrected chi connectivity index (χ0v) is 13.4. The van der Waals surface area contributed by atoms with Crippen LogP contribution >= 0.6 is 0 Å². The molecule has 0 fully saturated rings. The minimum atomic E-state index is -0.147. The van der Waals surface area contributed by atoms with Crippen LogP contribution in [-0.2, 0) is 4.79 Å². The molecule has 2 aromatic carbocycles. The van der Waals surface area contributed by atoms with Gasteiger partial charge in [0.1, 0.15) is 0 Å². The molecule has 1 heterocycles. The summed E-state index contributed by atoms with van der Waals surface area (Å²) in [7, 11) is 0. The quantitative estimate of drug-likeness (QED) is 0.917. The van der Waals surface area contributed by atoms with Gasteiger partial charge in [0.15, 0.2) is 0 Å². The van der Waals surface area contributed by atoms with E-state index < -0.39 is 0 Å². The Balaban J connectivity index is 1.92. The Bertz CT molecular complexity index is 755. The summed E-state index contributed by atoms with van der Waals surface area (Å²) in [4.78, 5) is 25.9. The summed E-state index contributed by atoms with van der Waals surface area (Å²) in [6.45, 7) is 4.36. The molecule has 0 radical (unpaired) electrons. The fourth-order valence-corrected chi connectivity index (χ4v) is 3.05. The Morgan fingerprint density at radius 1 is 1.13 bits per heavy atom. The molecular formula is C19H20N2O2.